The number of anilines is 1. The minimum Gasteiger partial charge on any atom is -0.383 e. The van der Waals surface area contributed by atoms with Crippen LogP contribution in [0.15, 0.2) is 60.0 Å². The fraction of sp³-hybridized carbons (Fsp3) is 0.321. The van der Waals surface area contributed by atoms with Crippen LogP contribution in [-0.4, -0.2) is 37.6 Å². The molecule has 1 aliphatic rings. The number of carbonyl (C=O) groups is 1. The number of nitrogens with zero attached hydrogens (tertiary/aromatic N) is 5. The lowest BCUT2D eigenvalue weighted by molar-refractivity contribution is -0.122. The average molecular weight is 497 g/mol. The zero-order valence-electron chi connectivity index (χ0n) is 21.0. The second kappa shape index (κ2) is 10.5. The van der Waals surface area contributed by atoms with E-state index in [2.05, 4.69) is 15.2 Å². The van der Waals surface area contributed by atoms with Crippen LogP contribution >= 0.6 is 0 Å². The minimum atomic E-state index is 0.0707. The molecule has 1 fully saturated rings. The number of hydrogen-bond acceptors (Lipinski definition) is 8. The number of ketones is 1. The smallest absolute Gasteiger partial charge is 0.165 e. The van der Waals surface area contributed by atoms with E-state index in [1.807, 2.05) is 55.6 Å². The number of rotatable bonds is 7. The van der Waals surface area contributed by atoms with Gasteiger partial charge in [0.05, 0.1) is 35.4 Å². The first kappa shape index (κ1) is 24.6. The molecule has 37 heavy (non-hydrogen) atoms. The lowest BCUT2D eigenvalue weighted by atomic mass is 9.78. The van der Waals surface area contributed by atoms with Crippen LogP contribution in [0.3, 0.4) is 0 Å². The van der Waals surface area contributed by atoms with Crippen molar-refractivity contribution < 1.29 is 4.79 Å². The molecule has 3 aromatic heterocycles. The summed E-state index contributed by atoms with van der Waals surface area (Å²) in [6.07, 6.45) is 7.93. The largest absolute Gasteiger partial charge is 0.383 e. The van der Waals surface area contributed by atoms with Crippen LogP contribution < -0.4 is 17.3 Å². The zero-order chi connectivity index (χ0) is 25.9. The summed E-state index contributed by atoms with van der Waals surface area (Å²) >= 11 is 0. The Morgan fingerprint density at radius 2 is 1.81 bits per heavy atom. The summed E-state index contributed by atoms with van der Waals surface area (Å²) in [5.74, 6) is 6.73. The normalized spacial score (nSPS) is 18.3. The molecule has 0 unspecified atom stereocenters. The number of fused-ring (bicyclic) bond motifs is 1. The number of pyridine rings is 1. The Bertz CT molecular complexity index is 1430. The molecule has 4 aromatic rings. The van der Waals surface area contributed by atoms with E-state index >= 15 is 0 Å². The lowest BCUT2D eigenvalue weighted by Gasteiger charge is -2.28. The van der Waals surface area contributed by atoms with E-state index in [4.69, 9.17) is 22.3 Å². The van der Waals surface area contributed by atoms with Gasteiger partial charge < -0.3 is 17.3 Å². The van der Waals surface area contributed by atoms with Gasteiger partial charge in [0, 0.05) is 28.8 Å². The van der Waals surface area contributed by atoms with Crippen molar-refractivity contribution >= 4 is 23.0 Å². The Hall–Kier alpha value is -4.11. The Morgan fingerprint density at radius 1 is 1.05 bits per heavy atom. The van der Waals surface area contributed by atoms with Crippen molar-refractivity contribution in [3.05, 3.63) is 66.1 Å². The van der Waals surface area contributed by atoms with E-state index in [0.29, 0.717) is 23.1 Å². The van der Waals surface area contributed by atoms with Crippen LogP contribution in [0.4, 0.5) is 5.82 Å². The molecule has 0 saturated heterocycles. The van der Waals surface area contributed by atoms with Crippen LogP contribution in [0.5, 0.6) is 0 Å². The predicted octanol–water partition coefficient (Wildman–Crippen LogP) is 3.60. The molecule has 9 heteroatoms. The van der Waals surface area contributed by atoms with Gasteiger partial charge in [0.15, 0.2) is 5.65 Å². The SMILES string of the molecule is C/C(=N\N)c1c(CC2CCC(C(=O)CN)CC2)nc2c(-c3ccc(-c4ccccc4)nc3)cnn2c1N. The lowest BCUT2D eigenvalue weighted by Crippen LogP contribution is -2.28. The molecule has 9 nitrogen and oxygen atoms in total. The summed E-state index contributed by atoms with van der Waals surface area (Å²) in [6, 6.07) is 14.1. The fourth-order valence-corrected chi connectivity index (χ4v) is 5.33. The van der Waals surface area contributed by atoms with Gasteiger partial charge in [-0.15, -0.1) is 0 Å². The minimum absolute atomic E-state index is 0.0707. The number of carbonyl (C=O) groups excluding carboxylic acids is 1. The van der Waals surface area contributed by atoms with Crippen molar-refractivity contribution in [2.75, 3.05) is 12.3 Å². The Labute approximate surface area is 215 Å². The molecule has 0 bridgehead atoms. The Kier molecular flexibility index (Phi) is 6.96. The zero-order valence-corrected chi connectivity index (χ0v) is 21.0. The van der Waals surface area contributed by atoms with Crippen molar-refractivity contribution in [2.45, 2.75) is 39.0 Å². The van der Waals surface area contributed by atoms with E-state index in [1.54, 1.807) is 10.7 Å². The molecule has 0 atom stereocenters. The molecule has 5 rings (SSSR count). The molecule has 1 aromatic carbocycles. The number of nitrogen functional groups attached to an aromatic ring is 1. The van der Waals surface area contributed by atoms with Gasteiger partial charge in [-0.2, -0.15) is 14.7 Å². The summed E-state index contributed by atoms with van der Waals surface area (Å²) in [4.78, 5) is 21.8. The quantitative estimate of drug-likeness (QED) is 0.201. The number of hydrazone groups is 1. The van der Waals surface area contributed by atoms with Crippen molar-refractivity contribution in [1.82, 2.24) is 19.6 Å². The summed E-state index contributed by atoms with van der Waals surface area (Å²) in [5, 5.41) is 8.45. The molecule has 0 spiro atoms. The maximum Gasteiger partial charge on any atom is 0.165 e. The van der Waals surface area contributed by atoms with E-state index in [1.165, 1.54) is 0 Å². The topological polar surface area (TPSA) is 151 Å². The molecule has 3 heterocycles. The number of aromatic nitrogens is 4. The van der Waals surface area contributed by atoms with Crippen molar-refractivity contribution in [2.24, 2.45) is 28.5 Å². The highest BCUT2D eigenvalue weighted by atomic mass is 16.1. The fourth-order valence-electron chi connectivity index (χ4n) is 5.33. The van der Waals surface area contributed by atoms with Gasteiger partial charge in [-0.1, -0.05) is 36.4 Å². The molecular formula is C28H32N8O. The third-order valence-corrected chi connectivity index (χ3v) is 7.44. The summed E-state index contributed by atoms with van der Waals surface area (Å²) in [6.45, 7) is 1.95. The monoisotopic (exact) mass is 496 g/mol. The summed E-state index contributed by atoms with van der Waals surface area (Å²) in [5.41, 5.74) is 18.8. The number of Topliss-reactive ketones (excluding diaryl/α,β-unsaturated/α-hetero) is 1. The van der Waals surface area contributed by atoms with E-state index in [-0.39, 0.29) is 18.2 Å². The van der Waals surface area contributed by atoms with Crippen LogP contribution in [0.1, 0.15) is 43.9 Å². The maximum absolute atomic E-state index is 12.1. The first-order valence-corrected chi connectivity index (χ1v) is 12.7. The van der Waals surface area contributed by atoms with Crippen molar-refractivity contribution in [3.8, 4) is 22.4 Å². The van der Waals surface area contributed by atoms with Crippen LogP contribution in [0, 0.1) is 11.8 Å². The van der Waals surface area contributed by atoms with Gasteiger partial charge in [0.2, 0.25) is 0 Å². The molecular weight excluding hydrogens is 464 g/mol. The highest BCUT2D eigenvalue weighted by molar-refractivity contribution is 6.04. The highest BCUT2D eigenvalue weighted by Gasteiger charge is 2.28. The van der Waals surface area contributed by atoms with Crippen LogP contribution in [0.25, 0.3) is 28.0 Å². The van der Waals surface area contributed by atoms with E-state index in [0.717, 1.165) is 65.7 Å². The molecule has 0 radical (unpaired) electrons. The molecule has 1 aliphatic carbocycles. The first-order valence-electron chi connectivity index (χ1n) is 12.7. The van der Waals surface area contributed by atoms with Gasteiger partial charge in [-0.05, 0) is 51.0 Å². The molecule has 1 saturated carbocycles. The standard InChI is InChI=1S/C28H32N8O/c1-17(35-31)26-24(13-18-7-9-20(10-8-18)25(37)14-29)34-28-22(16-33-36(28)27(26)30)21-11-12-23(32-15-21)19-5-3-2-4-6-19/h2-6,11-12,15-16,18,20H,7-10,13-14,29-31H2,1H3/b35-17+. The number of hydrogen-bond donors (Lipinski definition) is 3. The first-order chi connectivity index (χ1) is 18.0. The summed E-state index contributed by atoms with van der Waals surface area (Å²) in [7, 11) is 0. The van der Waals surface area contributed by atoms with Gasteiger partial charge in [-0.3, -0.25) is 9.78 Å². The number of benzene rings is 1. The van der Waals surface area contributed by atoms with Gasteiger partial charge >= 0.3 is 0 Å². The molecule has 6 N–H and O–H groups in total. The van der Waals surface area contributed by atoms with Crippen LogP contribution in [-0.2, 0) is 11.2 Å². The van der Waals surface area contributed by atoms with Gasteiger partial charge in [0.25, 0.3) is 0 Å². The number of nitrogens with two attached hydrogens (primary N) is 3. The molecule has 190 valence electrons. The Balaban J connectivity index is 1.49. The van der Waals surface area contributed by atoms with Crippen LogP contribution in [0.2, 0.25) is 0 Å². The van der Waals surface area contributed by atoms with Crippen molar-refractivity contribution in [1.29, 1.82) is 0 Å². The third kappa shape index (κ3) is 4.82. The second-order valence-corrected chi connectivity index (χ2v) is 9.72. The average Bonchev–Trinajstić information content (AvgIpc) is 3.37. The summed E-state index contributed by atoms with van der Waals surface area (Å²) < 4.78 is 1.64. The van der Waals surface area contributed by atoms with E-state index in [9.17, 15) is 4.79 Å². The van der Waals surface area contributed by atoms with E-state index < -0.39 is 0 Å². The highest BCUT2D eigenvalue weighted by Crippen LogP contribution is 2.34. The second-order valence-electron chi connectivity index (χ2n) is 9.72. The van der Waals surface area contributed by atoms with Gasteiger partial charge in [-0.25, -0.2) is 4.98 Å². The molecule has 0 amide bonds. The van der Waals surface area contributed by atoms with Crippen molar-refractivity contribution in [3.63, 3.8) is 0 Å². The Morgan fingerprint density at radius 3 is 2.46 bits per heavy atom. The molecule has 0 aliphatic heterocycles. The maximum atomic E-state index is 12.1. The van der Waals surface area contributed by atoms with Gasteiger partial charge in [0.1, 0.15) is 11.6 Å². The predicted molar refractivity (Wildman–Crippen MR) is 146 cm³/mol. The third-order valence-electron chi connectivity index (χ3n) is 7.44.